The van der Waals surface area contributed by atoms with Crippen molar-refractivity contribution < 1.29 is 18.3 Å². The number of para-hydroxylation sites is 2. The van der Waals surface area contributed by atoms with Gasteiger partial charge in [-0.05, 0) is 30.0 Å². The second-order valence-corrected chi connectivity index (χ2v) is 8.24. The molecule has 1 amide bonds. The van der Waals surface area contributed by atoms with Gasteiger partial charge in [-0.1, -0.05) is 18.2 Å². The van der Waals surface area contributed by atoms with E-state index in [0.29, 0.717) is 23.7 Å². The maximum Gasteiger partial charge on any atom is 0.387 e. The number of ether oxygens (including phenoxy) is 1. The molecule has 3 heterocycles. The first-order valence-electron chi connectivity index (χ1n) is 8.69. The molecule has 3 aromatic rings. The van der Waals surface area contributed by atoms with Crippen LogP contribution in [-0.2, 0) is 0 Å². The number of alkyl halides is 2. The Morgan fingerprint density at radius 1 is 1.29 bits per heavy atom. The minimum absolute atomic E-state index is 0.0700. The molecule has 146 valence electrons. The summed E-state index contributed by atoms with van der Waals surface area (Å²) in [5, 5.41) is 5.81. The summed E-state index contributed by atoms with van der Waals surface area (Å²) in [7, 11) is 0. The van der Waals surface area contributed by atoms with Crippen molar-refractivity contribution in [2.45, 2.75) is 19.1 Å². The summed E-state index contributed by atoms with van der Waals surface area (Å²) in [5.41, 5.74) is 0.609. The van der Waals surface area contributed by atoms with E-state index in [2.05, 4.69) is 15.0 Å². The molecule has 4 rings (SSSR count). The largest absolute Gasteiger partial charge is 0.433 e. The lowest BCUT2D eigenvalue weighted by molar-refractivity contribution is -0.0495. The average molecular weight is 421 g/mol. The number of hydrogen-bond donors (Lipinski definition) is 1. The highest BCUT2D eigenvalue weighted by Crippen LogP contribution is 2.32. The zero-order valence-electron chi connectivity index (χ0n) is 14.7. The zero-order valence-corrected chi connectivity index (χ0v) is 16.3. The van der Waals surface area contributed by atoms with Crippen LogP contribution >= 0.6 is 22.7 Å². The van der Waals surface area contributed by atoms with E-state index in [-0.39, 0.29) is 17.7 Å². The van der Waals surface area contributed by atoms with Gasteiger partial charge in [0.25, 0.3) is 5.91 Å². The van der Waals surface area contributed by atoms with E-state index in [1.807, 2.05) is 22.4 Å². The molecule has 1 aliphatic rings. The Morgan fingerprint density at radius 3 is 2.93 bits per heavy atom. The number of rotatable bonds is 6. The van der Waals surface area contributed by atoms with Gasteiger partial charge < -0.3 is 15.0 Å². The van der Waals surface area contributed by atoms with E-state index in [1.54, 1.807) is 35.7 Å². The Hall–Kier alpha value is -2.52. The third kappa shape index (κ3) is 4.15. The monoisotopic (exact) mass is 421 g/mol. The number of hydrogen-bond acceptors (Lipinski definition) is 6. The number of aromatic nitrogens is 1. The quantitative estimate of drug-likeness (QED) is 0.638. The van der Waals surface area contributed by atoms with Crippen LogP contribution in [0.1, 0.15) is 16.1 Å². The molecule has 1 unspecified atom stereocenters. The van der Waals surface area contributed by atoms with Crippen LogP contribution < -0.4 is 15.0 Å². The lowest BCUT2D eigenvalue weighted by Gasteiger charge is -2.21. The second-order valence-electron chi connectivity index (χ2n) is 6.26. The molecular formula is C19H17F2N3O2S2. The summed E-state index contributed by atoms with van der Waals surface area (Å²) >= 11 is 2.94. The Kier molecular flexibility index (Phi) is 5.54. The minimum Gasteiger partial charge on any atom is -0.433 e. The van der Waals surface area contributed by atoms with Gasteiger partial charge in [-0.25, -0.2) is 4.98 Å². The molecule has 1 aromatic carbocycles. The molecule has 2 aromatic heterocycles. The highest BCUT2D eigenvalue weighted by molar-refractivity contribution is 7.21. The van der Waals surface area contributed by atoms with E-state index >= 15 is 0 Å². The van der Waals surface area contributed by atoms with Gasteiger partial charge in [0.15, 0.2) is 0 Å². The number of nitrogens with zero attached hydrogens (tertiary/aromatic N) is 2. The topological polar surface area (TPSA) is 54.5 Å². The molecule has 9 heteroatoms. The van der Waals surface area contributed by atoms with Crippen molar-refractivity contribution in [2.75, 3.05) is 18.0 Å². The minimum atomic E-state index is -2.87. The summed E-state index contributed by atoms with van der Waals surface area (Å²) in [6, 6.07) is 10.6. The number of halogens is 2. The zero-order chi connectivity index (χ0) is 19.5. The van der Waals surface area contributed by atoms with Crippen molar-refractivity contribution in [3.05, 3.63) is 52.9 Å². The van der Waals surface area contributed by atoms with Crippen LogP contribution in [-0.4, -0.2) is 36.6 Å². The number of benzene rings is 1. The maximum atomic E-state index is 12.6. The number of nitrogens with one attached hydrogen (secondary N) is 1. The van der Waals surface area contributed by atoms with E-state index in [4.69, 9.17) is 0 Å². The van der Waals surface area contributed by atoms with Gasteiger partial charge in [-0.15, -0.1) is 22.7 Å². The second kappa shape index (κ2) is 8.24. The molecule has 0 radical (unpaired) electrons. The standard InChI is InChI=1S/C19H17F2N3O2S2/c20-19(21)26-14-5-2-1-4-13(14)24-8-7-12(11-24)23-17(25)16-10-22-18(28-16)15-6-3-9-27-15/h1-6,9-10,12,19H,7-8,11H2,(H,23,25). The van der Waals surface area contributed by atoms with Crippen LogP contribution in [0, 0.1) is 0 Å². The van der Waals surface area contributed by atoms with Crippen molar-refractivity contribution in [3.8, 4) is 15.6 Å². The van der Waals surface area contributed by atoms with Crippen LogP contribution in [0.15, 0.2) is 48.0 Å². The number of thiazole rings is 1. The average Bonchev–Trinajstić information content (AvgIpc) is 3.42. The first-order valence-corrected chi connectivity index (χ1v) is 10.4. The molecule has 0 saturated carbocycles. The van der Waals surface area contributed by atoms with Crippen LogP contribution in [0.2, 0.25) is 0 Å². The Morgan fingerprint density at radius 2 is 2.14 bits per heavy atom. The molecule has 0 bridgehead atoms. The van der Waals surface area contributed by atoms with Crippen LogP contribution in [0.25, 0.3) is 9.88 Å². The summed E-state index contributed by atoms with van der Waals surface area (Å²) in [6.45, 7) is -1.69. The van der Waals surface area contributed by atoms with Crippen LogP contribution in [0.5, 0.6) is 5.75 Å². The Labute approximate surface area is 168 Å². The highest BCUT2D eigenvalue weighted by atomic mass is 32.1. The van der Waals surface area contributed by atoms with Gasteiger partial charge in [0.05, 0.1) is 16.8 Å². The molecule has 1 aliphatic heterocycles. The van der Waals surface area contributed by atoms with Gasteiger partial charge in [0, 0.05) is 19.1 Å². The molecule has 28 heavy (non-hydrogen) atoms. The summed E-state index contributed by atoms with van der Waals surface area (Å²) in [6.07, 6.45) is 2.32. The highest BCUT2D eigenvalue weighted by Gasteiger charge is 2.27. The van der Waals surface area contributed by atoms with Gasteiger partial charge in [0.1, 0.15) is 15.6 Å². The lowest BCUT2D eigenvalue weighted by atomic mass is 10.2. The van der Waals surface area contributed by atoms with E-state index in [0.717, 1.165) is 16.3 Å². The van der Waals surface area contributed by atoms with E-state index < -0.39 is 6.61 Å². The van der Waals surface area contributed by atoms with E-state index in [9.17, 15) is 13.6 Å². The van der Waals surface area contributed by atoms with Crippen molar-refractivity contribution in [1.82, 2.24) is 10.3 Å². The SMILES string of the molecule is O=C(NC1CCN(c2ccccc2OC(F)F)C1)c1cnc(-c2cccs2)s1. The maximum absolute atomic E-state index is 12.6. The fourth-order valence-electron chi connectivity index (χ4n) is 3.16. The van der Waals surface area contributed by atoms with Gasteiger partial charge in [-0.3, -0.25) is 4.79 Å². The van der Waals surface area contributed by atoms with Crippen molar-refractivity contribution in [2.24, 2.45) is 0 Å². The Balaban J connectivity index is 1.39. The first kappa shape index (κ1) is 18.8. The van der Waals surface area contributed by atoms with Crippen LogP contribution in [0.3, 0.4) is 0 Å². The van der Waals surface area contributed by atoms with Gasteiger partial charge in [-0.2, -0.15) is 8.78 Å². The predicted molar refractivity (Wildman–Crippen MR) is 107 cm³/mol. The number of carbonyl (C=O) groups excluding carboxylic acids is 1. The van der Waals surface area contributed by atoms with Crippen molar-refractivity contribution >= 4 is 34.3 Å². The van der Waals surface area contributed by atoms with Gasteiger partial charge >= 0.3 is 6.61 Å². The number of amides is 1. The lowest BCUT2D eigenvalue weighted by Crippen LogP contribution is -2.36. The normalized spacial score (nSPS) is 16.5. The van der Waals surface area contributed by atoms with Gasteiger partial charge in [0.2, 0.25) is 0 Å². The summed E-state index contributed by atoms with van der Waals surface area (Å²) in [5.74, 6) is -0.0169. The molecule has 5 nitrogen and oxygen atoms in total. The smallest absolute Gasteiger partial charge is 0.387 e. The fourth-order valence-corrected chi connectivity index (χ4v) is 4.78. The molecule has 1 saturated heterocycles. The number of carbonyl (C=O) groups is 1. The summed E-state index contributed by atoms with van der Waals surface area (Å²) in [4.78, 5) is 20.4. The molecule has 0 aliphatic carbocycles. The van der Waals surface area contributed by atoms with Crippen molar-refractivity contribution in [1.29, 1.82) is 0 Å². The third-order valence-electron chi connectivity index (χ3n) is 4.41. The molecular weight excluding hydrogens is 404 g/mol. The first-order chi connectivity index (χ1) is 13.6. The summed E-state index contributed by atoms with van der Waals surface area (Å²) < 4.78 is 29.9. The Bertz CT molecular complexity index is 946. The molecule has 1 atom stereocenters. The molecule has 0 spiro atoms. The molecule has 1 fully saturated rings. The van der Waals surface area contributed by atoms with Crippen LogP contribution in [0.4, 0.5) is 14.5 Å². The number of anilines is 1. The number of thiophene rings is 1. The third-order valence-corrected chi connectivity index (χ3v) is 6.44. The van der Waals surface area contributed by atoms with E-state index in [1.165, 1.54) is 17.4 Å². The fraction of sp³-hybridized carbons (Fsp3) is 0.263. The van der Waals surface area contributed by atoms with Crippen molar-refractivity contribution in [3.63, 3.8) is 0 Å². The molecule has 1 N–H and O–H groups in total. The predicted octanol–water partition coefficient (Wildman–Crippen LogP) is 4.48.